The number of Topliss-reactive ketones (excluding diaryl/α,β-unsaturated/α-hetero) is 1. The van der Waals surface area contributed by atoms with E-state index in [9.17, 15) is 9.90 Å². The zero-order valence-corrected chi connectivity index (χ0v) is 22.0. The van der Waals surface area contributed by atoms with Crippen LogP contribution in [0.15, 0.2) is 11.6 Å². The van der Waals surface area contributed by atoms with E-state index in [2.05, 4.69) is 33.8 Å². The Morgan fingerprint density at radius 2 is 1.91 bits per heavy atom. The molecule has 0 bridgehead atoms. The second-order valence-corrected chi connectivity index (χ2v) is 13.2. The number of rotatable bonds is 9. The first-order valence-corrected chi connectivity index (χ1v) is 14.3. The van der Waals surface area contributed by atoms with E-state index in [1.54, 1.807) is 5.57 Å². The standard InChI is InChI=1S/C30H51NO2/c1-20(18-24(33)14-17-31)6-5-7-21(2)26-10-11-27-25-9-8-22-19-23(32)12-15-29(22,3)28(25)13-16-30(26,27)4/h8,20-21,23,25-28,32H,5-7,9-19,31H2,1-4H3/t20?,21-,23+,25+,26-,27+,28+,29+,30-/m1/s1. The monoisotopic (exact) mass is 457 g/mol. The lowest BCUT2D eigenvalue weighted by Gasteiger charge is -2.58. The third-order valence-electron chi connectivity index (χ3n) is 11.2. The highest BCUT2D eigenvalue weighted by Crippen LogP contribution is 2.67. The molecule has 3 heteroatoms. The Labute approximate surface area is 203 Å². The first kappa shape index (κ1) is 25.4. The van der Waals surface area contributed by atoms with E-state index >= 15 is 0 Å². The normalized spacial score (nSPS) is 42.0. The van der Waals surface area contributed by atoms with Crippen LogP contribution in [0, 0.1) is 46.3 Å². The molecule has 0 saturated heterocycles. The van der Waals surface area contributed by atoms with Gasteiger partial charge in [0.25, 0.3) is 0 Å². The average Bonchev–Trinajstić information content (AvgIpc) is 3.11. The SMILES string of the molecule is CC(CCC[C@@H](C)[C@H]1CC[C@H]2[C@@H]3CC=C4C[C@@H](O)CC[C@]4(C)[C@H]3CC[C@]12C)CC(=O)CCN. The first-order chi connectivity index (χ1) is 15.7. The zero-order valence-electron chi connectivity index (χ0n) is 22.0. The number of allylic oxidation sites excluding steroid dienone is 1. The quantitative estimate of drug-likeness (QED) is 0.380. The van der Waals surface area contributed by atoms with Crippen LogP contribution in [0.3, 0.4) is 0 Å². The van der Waals surface area contributed by atoms with Crippen molar-refractivity contribution in [3.05, 3.63) is 11.6 Å². The van der Waals surface area contributed by atoms with E-state index in [1.165, 1.54) is 57.8 Å². The number of ketones is 1. The molecule has 0 aromatic carbocycles. The minimum Gasteiger partial charge on any atom is -0.393 e. The molecule has 1 unspecified atom stereocenters. The third-order valence-corrected chi connectivity index (χ3v) is 11.2. The van der Waals surface area contributed by atoms with E-state index in [0.29, 0.717) is 41.9 Å². The number of fused-ring (bicyclic) bond motifs is 5. The summed E-state index contributed by atoms with van der Waals surface area (Å²) in [6, 6.07) is 0. The van der Waals surface area contributed by atoms with Crippen LogP contribution >= 0.6 is 0 Å². The summed E-state index contributed by atoms with van der Waals surface area (Å²) in [5.41, 5.74) is 7.99. The summed E-state index contributed by atoms with van der Waals surface area (Å²) in [5, 5.41) is 10.3. The van der Waals surface area contributed by atoms with Crippen molar-refractivity contribution in [2.24, 2.45) is 52.1 Å². The minimum absolute atomic E-state index is 0.104. The second kappa shape index (κ2) is 10.1. The molecule has 188 valence electrons. The number of carbonyl (C=O) groups excluding carboxylic acids is 1. The molecule has 3 N–H and O–H groups in total. The van der Waals surface area contributed by atoms with Gasteiger partial charge in [0, 0.05) is 12.8 Å². The van der Waals surface area contributed by atoms with Crippen molar-refractivity contribution < 1.29 is 9.90 Å². The summed E-state index contributed by atoms with van der Waals surface area (Å²) >= 11 is 0. The minimum atomic E-state index is -0.104. The Morgan fingerprint density at radius 3 is 2.67 bits per heavy atom. The first-order valence-electron chi connectivity index (χ1n) is 14.3. The molecule has 3 saturated carbocycles. The number of aliphatic hydroxyl groups excluding tert-OH is 1. The molecule has 3 nitrogen and oxygen atoms in total. The topological polar surface area (TPSA) is 63.3 Å². The zero-order chi connectivity index (χ0) is 23.8. The van der Waals surface area contributed by atoms with Gasteiger partial charge in [-0.15, -0.1) is 0 Å². The van der Waals surface area contributed by atoms with E-state index < -0.39 is 0 Å². The average molecular weight is 458 g/mol. The van der Waals surface area contributed by atoms with Gasteiger partial charge in [-0.05, 0) is 104 Å². The molecule has 0 spiro atoms. The van der Waals surface area contributed by atoms with Gasteiger partial charge in [-0.3, -0.25) is 4.79 Å². The molecule has 3 fully saturated rings. The predicted octanol–water partition coefficient (Wildman–Crippen LogP) is 6.68. The smallest absolute Gasteiger partial charge is 0.134 e. The summed E-state index contributed by atoms with van der Waals surface area (Å²) in [7, 11) is 0. The largest absolute Gasteiger partial charge is 0.393 e. The van der Waals surface area contributed by atoms with Crippen LogP contribution in [-0.4, -0.2) is 23.5 Å². The molecule has 4 rings (SSSR count). The van der Waals surface area contributed by atoms with Crippen molar-refractivity contribution in [3.63, 3.8) is 0 Å². The van der Waals surface area contributed by atoms with Gasteiger partial charge in [-0.1, -0.05) is 58.6 Å². The van der Waals surface area contributed by atoms with E-state index in [-0.39, 0.29) is 6.10 Å². The maximum Gasteiger partial charge on any atom is 0.134 e. The molecule has 0 aliphatic heterocycles. The highest BCUT2D eigenvalue weighted by Gasteiger charge is 2.59. The van der Waals surface area contributed by atoms with Crippen molar-refractivity contribution in [3.8, 4) is 0 Å². The van der Waals surface area contributed by atoms with E-state index in [1.807, 2.05) is 0 Å². The highest BCUT2D eigenvalue weighted by molar-refractivity contribution is 5.78. The molecule has 33 heavy (non-hydrogen) atoms. The predicted molar refractivity (Wildman–Crippen MR) is 137 cm³/mol. The fraction of sp³-hybridized carbons (Fsp3) is 0.900. The van der Waals surface area contributed by atoms with E-state index in [0.717, 1.165) is 42.4 Å². The molecule has 0 aromatic heterocycles. The summed E-state index contributed by atoms with van der Waals surface area (Å²) < 4.78 is 0. The van der Waals surface area contributed by atoms with Crippen LogP contribution in [0.4, 0.5) is 0 Å². The molecule has 4 aliphatic carbocycles. The molecule has 0 amide bonds. The van der Waals surface area contributed by atoms with Gasteiger partial charge >= 0.3 is 0 Å². The molecule has 0 radical (unpaired) electrons. The fourth-order valence-corrected chi connectivity index (χ4v) is 9.36. The van der Waals surface area contributed by atoms with Gasteiger partial charge in [-0.2, -0.15) is 0 Å². The number of hydrogen-bond acceptors (Lipinski definition) is 3. The summed E-state index contributed by atoms with van der Waals surface area (Å²) in [5.74, 6) is 5.08. The maximum absolute atomic E-state index is 11.9. The molecule has 0 aromatic rings. The highest BCUT2D eigenvalue weighted by atomic mass is 16.3. The number of nitrogens with two attached hydrogens (primary N) is 1. The summed E-state index contributed by atoms with van der Waals surface area (Å²) in [6.45, 7) is 10.4. The number of aliphatic hydroxyl groups is 1. The van der Waals surface area contributed by atoms with Gasteiger partial charge in [0.1, 0.15) is 5.78 Å². The maximum atomic E-state index is 11.9. The molecule has 0 heterocycles. The van der Waals surface area contributed by atoms with Crippen molar-refractivity contribution in [1.29, 1.82) is 0 Å². The van der Waals surface area contributed by atoms with Crippen LogP contribution in [0.25, 0.3) is 0 Å². The van der Waals surface area contributed by atoms with Crippen LogP contribution in [0.2, 0.25) is 0 Å². The number of carbonyl (C=O) groups is 1. The lowest BCUT2D eigenvalue weighted by molar-refractivity contribution is -0.119. The summed E-state index contributed by atoms with van der Waals surface area (Å²) in [6.07, 6.45) is 17.5. The Bertz CT molecular complexity index is 731. The summed E-state index contributed by atoms with van der Waals surface area (Å²) in [4.78, 5) is 11.9. The van der Waals surface area contributed by atoms with Crippen molar-refractivity contribution in [2.45, 2.75) is 117 Å². The van der Waals surface area contributed by atoms with Crippen molar-refractivity contribution in [1.82, 2.24) is 0 Å². The van der Waals surface area contributed by atoms with Crippen LogP contribution in [0.1, 0.15) is 111 Å². The molecule has 4 aliphatic rings. The van der Waals surface area contributed by atoms with Gasteiger partial charge in [0.2, 0.25) is 0 Å². The fourth-order valence-electron chi connectivity index (χ4n) is 9.36. The van der Waals surface area contributed by atoms with Gasteiger partial charge in [-0.25, -0.2) is 0 Å². The lowest BCUT2D eigenvalue weighted by atomic mass is 9.47. The van der Waals surface area contributed by atoms with Crippen molar-refractivity contribution >= 4 is 5.78 Å². The number of hydrogen-bond donors (Lipinski definition) is 2. The second-order valence-electron chi connectivity index (χ2n) is 13.2. The third kappa shape index (κ3) is 4.88. The Hall–Kier alpha value is -0.670. The Balaban J connectivity index is 1.35. The molecular weight excluding hydrogens is 406 g/mol. The van der Waals surface area contributed by atoms with Crippen LogP contribution in [-0.2, 0) is 4.79 Å². The van der Waals surface area contributed by atoms with Crippen LogP contribution in [0.5, 0.6) is 0 Å². The lowest BCUT2D eigenvalue weighted by Crippen LogP contribution is -2.50. The van der Waals surface area contributed by atoms with Crippen LogP contribution < -0.4 is 5.73 Å². The Morgan fingerprint density at radius 1 is 1.12 bits per heavy atom. The van der Waals surface area contributed by atoms with Gasteiger partial charge in [0.05, 0.1) is 6.10 Å². The Kier molecular flexibility index (Phi) is 7.81. The van der Waals surface area contributed by atoms with E-state index in [4.69, 9.17) is 5.73 Å². The van der Waals surface area contributed by atoms with Gasteiger partial charge < -0.3 is 10.8 Å². The molecular formula is C30H51NO2. The van der Waals surface area contributed by atoms with Crippen molar-refractivity contribution in [2.75, 3.05) is 6.54 Å². The molecule has 9 atom stereocenters. The van der Waals surface area contributed by atoms with Gasteiger partial charge in [0.15, 0.2) is 0 Å².